The van der Waals surface area contributed by atoms with Gasteiger partial charge >= 0.3 is 0 Å². The molecule has 3 rings (SSSR count). The Balaban J connectivity index is 1.79. The number of nitro groups is 1. The summed E-state index contributed by atoms with van der Waals surface area (Å²) in [5.41, 5.74) is -0.797. The van der Waals surface area contributed by atoms with E-state index in [0.717, 1.165) is 11.0 Å². The number of hydrogen-bond acceptors (Lipinski definition) is 6. The molecule has 0 spiro atoms. The van der Waals surface area contributed by atoms with Gasteiger partial charge in [0.15, 0.2) is 0 Å². The van der Waals surface area contributed by atoms with Crippen LogP contribution in [0.15, 0.2) is 41.0 Å². The molecule has 0 radical (unpaired) electrons. The summed E-state index contributed by atoms with van der Waals surface area (Å²) in [5.74, 6) is -1.50. The van der Waals surface area contributed by atoms with Crippen molar-refractivity contribution in [1.82, 2.24) is 9.80 Å². The third kappa shape index (κ3) is 2.87. The summed E-state index contributed by atoms with van der Waals surface area (Å²) < 4.78 is 5.14. The zero-order valence-corrected chi connectivity index (χ0v) is 13.2. The molecule has 0 N–H and O–H groups in total. The van der Waals surface area contributed by atoms with Crippen LogP contribution in [0.25, 0.3) is 0 Å². The van der Waals surface area contributed by atoms with E-state index in [-0.39, 0.29) is 17.7 Å². The Morgan fingerprint density at radius 2 is 2.00 bits per heavy atom. The van der Waals surface area contributed by atoms with Gasteiger partial charge in [0.05, 0.1) is 23.3 Å². The number of nitro benzene ring substituents is 1. The van der Waals surface area contributed by atoms with Gasteiger partial charge in [-0.3, -0.25) is 29.4 Å². The highest BCUT2D eigenvalue weighted by molar-refractivity contribution is 6.24. The van der Waals surface area contributed by atoms with E-state index in [2.05, 4.69) is 0 Å². The fraction of sp³-hybridized carbons (Fsp3) is 0.188. The lowest BCUT2D eigenvalue weighted by Gasteiger charge is -2.19. The summed E-state index contributed by atoms with van der Waals surface area (Å²) in [6, 6.07) is 7.18. The molecular weight excluding hydrogens is 330 g/mol. The van der Waals surface area contributed by atoms with Crippen LogP contribution in [0.1, 0.15) is 26.5 Å². The molecule has 0 fully saturated rings. The van der Waals surface area contributed by atoms with Crippen molar-refractivity contribution in [3.63, 3.8) is 0 Å². The summed E-state index contributed by atoms with van der Waals surface area (Å²) in [5, 5.41) is 11.1. The third-order valence-electron chi connectivity index (χ3n) is 3.87. The summed E-state index contributed by atoms with van der Waals surface area (Å²) in [6.07, 6.45) is 1.47. The fourth-order valence-corrected chi connectivity index (χ4v) is 2.59. The quantitative estimate of drug-likeness (QED) is 0.461. The largest absolute Gasteiger partial charge is 0.467 e. The van der Waals surface area contributed by atoms with Crippen molar-refractivity contribution in [3.8, 4) is 0 Å². The third-order valence-corrected chi connectivity index (χ3v) is 3.87. The molecule has 0 saturated carbocycles. The highest BCUT2D eigenvalue weighted by Gasteiger charge is 2.41. The summed E-state index contributed by atoms with van der Waals surface area (Å²) in [7, 11) is 1.51. The Bertz CT molecular complexity index is 874. The van der Waals surface area contributed by atoms with Crippen molar-refractivity contribution >= 4 is 23.4 Å². The smallest absolute Gasteiger partial charge is 0.282 e. The Morgan fingerprint density at radius 3 is 2.64 bits per heavy atom. The van der Waals surface area contributed by atoms with E-state index in [1.807, 2.05) is 0 Å². The molecule has 0 bridgehead atoms. The second kappa shape index (κ2) is 6.19. The van der Waals surface area contributed by atoms with Crippen LogP contribution in [-0.4, -0.2) is 46.0 Å². The molecule has 0 unspecified atom stereocenters. The van der Waals surface area contributed by atoms with Gasteiger partial charge in [0.1, 0.15) is 17.9 Å². The van der Waals surface area contributed by atoms with E-state index in [9.17, 15) is 24.5 Å². The van der Waals surface area contributed by atoms with Gasteiger partial charge in [0.25, 0.3) is 17.5 Å². The topological polar surface area (TPSA) is 114 Å². The van der Waals surface area contributed by atoms with E-state index in [0.29, 0.717) is 5.76 Å². The number of carbonyl (C=O) groups excluding carboxylic acids is 3. The van der Waals surface area contributed by atoms with Crippen LogP contribution >= 0.6 is 0 Å². The van der Waals surface area contributed by atoms with Crippen LogP contribution in [-0.2, 0) is 11.3 Å². The zero-order valence-electron chi connectivity index (χ0n) is 13.2. The van der Waals surface area contributed by atoms with Crippen molar-refractivity contribution in [2.24, 2.45) is 0 Å². The van der Waals surface area contributed by atoms with Gasteiger partial charge in [-0.25, -0.2) is 0 Å². The summed E-state index contributed by atoms with van der Waals surface area (Å²) in [6.45, 7) is -0.324. The Labute approximate surface area is 141 Å². The van der Waals surface area contributed by atoms with Gasteiger partial charge in [0, 0.05) is 13.1 Å². The van der Waals surface area contributed by atoms with Crippen LogP contribution in [0, 0.1) is 10.1 Å². The molecule has 0 saturated heterocycles. The van der Waals surface area contributed by atoms with Gasteiger partial charge in [-0.05, 0) is 18.2 Å². The molecule has 2 aromatic rings. The van der Waals surface area contributed by atoms with Gasteiger partial charge in [-0.1, -0.05) is 6.07 Å². The fourth-order valence-electron chi connectivity index (χ4n) is 2.59. The van der Waals surface area contributed by atoms with Gasteiger partial charge in [-0.2, -0.15) is 0 Å². The molecule has 1 aromatic heterocycles. The standard InChI is InChI=1S/C16H13N3O6/c1-17(8-10-4-3-7-25-10)13(20)9-18-15(21)11-5-2-6-12(19(23)24)14(11)16(18)22/h2-7H,8-9H2,1H3. The average molecular weight is 343 g/mol. The molecule has 9 nitrogen and oxygen atoms in total. The maximum Gasteiger partial charge on any atom is 0.282 e. The molecule has 0 atom stereocenters. The number of nitrogens with zero attached hydrogens (tertiary/aromatic N) is 3. The van der Waals surface area contributed by atoms with Crippen molar-refractivity contribution < 1.29 is 23.7 Å². The highest BCUT2D eigenvalue weighted by Crippen LogP contribution is 2.30. The molecule has 3 amide bonds. The van der Waals surface area contributed by atoms with Crippen LogP contribution in [0.3, 0.4) is 0 Å². The minimum atomic E-state index is -0.841. The summed E-state index contributed by atoms with van der Waals surface area (Å²) >= 11 is 0. The zero-order chi connectivity index (χ0) is 18.1. The molecule has 2 heterocycles. The van der Waals surface area contributed by atoms with Crippen LogP contribution in [0.5, 0.6) is 0 Å². The van der Waals surface area contributed by atoms with E-state index >= 15 is 0 Å². The van der Waals surface area contributed by atoms with Gasteiger partial charge in [0.2, 0.25) is 5.91 Å². The normalized spacial score (nSPS) is 13.1. The molecule has 1 aliphatic rings. The number of fused-ring (bicyclic) bond motifs is 1. The predicted octanol–water partition coefficient (Wildman–Crippen LogP) is 1.44. The number of benzene rings is 1. The SMILES string of the molecule is CN(Cc1ccco1)C(=O)CN1C(=O)c2cccc([N+](=O)[O-])c2C1=O. The number of imide groups is 1. The van der Waals surface area contributed by atoms with Gasteiger partial charge < -0.3 is 9.32 Å². The molecular formula is C16H13N3O6. The van der Waals surface area contributed by atoms with E-state index in [4.69, 9.17) is 4.42 Å². The van der Waals surface area contributed by atoms with Crippen molar-refractivity contribution in [2.75, 3.05) is 13.6 Å². The van der Waals surface area contributed by atoms with Crippen molar-refractivity contribution in [1.29, 1.82) is 0 Å². The van der Waals surface area contributed by atoms with Crippen LogP contribution in [0.4, 0.5) is 5.69 Å². The first kappa shape index (κ1) is 16.4. The lowest BCUT2D eigenvalue weighted by atomic mass is 10.1. The number of carbonyl (C=O) groups is 3. The Hall–Kier alpha value is -3.49. The van der Waals surface area contributed by atoms with Gasteiger partial charge in [-0.15, -0.1) is 0 Å². The number of hydrogen-bond donors (Lipinski definition) is 0. The first-order valence-electron chi connectivity index (χ1n) is 7.30. The number of likely N-dealkylation sites (N-methyl/N-ethyl adjacent to an activating group) is 1. The molecule has 0 aliphatic carbocycles. The molecule has 9 heteroatoms. The maximum absolute atomic E-state index is 12.4. The first-order valence-corrected chi connectivity index (χ1v) is 7.30. The monoisotopic (exact) mass is 343 g/mol. The molecule has 1 aromatic carbocycles. The number of furan rings is 1. The molecule has 128 valence electrons. The highest BCUT2D eigenvalue weighted by atomic mass is 16.6. The van der Waals surface area contributed by atoms with E-state index in [1.54, 1.807) is 12.1 Å². The van der Waals surface area contributed by atoms with E-state index in [1.165, 1.54) is 30.3 Å². The lowest BCUT2D eigenvalue weighted by molar-refractivity contribution is -0.385. The minimum absolute atomic E-state index is 0.0688. The average Bonchev–Trinajstić information content (AvgIpc) is 3.17. The maximum atomic E-state index is 12.4. The predicted molar refractivity (Wildman–Crippen MR) is 83.6 cm³/mol. The minimum Gasteiger partial charge on any atom is -0.467 e. The summed E-state index contributed by atoms with van der Waals surface area (Å²) in [4.78, 5) is 49.4. The lowest BCUT2D eigenvalue weighted by Crippen LogP contribution is -2.40. The van der Waals surface area contributed by atoms with Crippen LogP contribution in [0.2, 0.25) is 0 Å². The number of rotatable bonds is 5. The van der Waals surface area contributed by atoms with Crippen LogP contribution < -0.4 is 0 Å². The van der Waals surface area contributed by atoms with E-state index < -0.39 is 34.9 Å². The van der Waals surface area contributed by atoms with Crippen molar-refractivity contribution in [2.45, 2.75) is 6.54 Å². The second-order valence-corrected chi connectivity index (χ2v) is 5.48. The Kier molecular flexibility index (Phi) is 4.05. The molecule has 1 aliphatic heterocycles. The van der Waals surface area contributed by atoms with Crippen molar-refractivity contribution in [3.05, 3.63) is 63.6 Å². The second-order valence-electron chi connectivity index (χ2n) is 5.48. The molecule has 25 heavy (non-hydrogen) atoms. The Morgan fingerprint density at radius 1 is 1.24 bits per heavy atom. The first-order chi connectivity index (χ1) is 11.9. The number of amides is 3.